The molecule has 0 spiro atoms. The van der Waals surface area contributed by atoms with E-state index < -0.39 is 26.6 Å². The van der Waals surface area contributed by atoms with Crippen molar-refractivity contribution in [2.24, 2.45) is 0 Å². The molecule has 0 aromatic heterocycles. The quantitative estimate of drug-likeness (QED) is 0.666. The second-order valence-corrected chi connectivity index (χ2v) is 6.77. The van der Waals surface area contributed by atoms with E-state index in [-0.39, 0.29) is 11.7 Å². The first-order valence-electron chi connectivity index (χ1n) is 6.67. The molecule has 1 aromatic carbocycles. The van der Waals surface area contributed by atoms with Crippen LogP contribution in [0, 0.1) is 11.6 Å². The maximum absolute atomic E-state index is 13.7. The first-order valence-corrected chi connectivity index (χ1v) is 8.15. The fraction of sp³-hybridized carbons (Fsp3) is 0.538. The molecule has 0 saturated heterocycles. The van der Waals surface area contributed by atoms with Crippen LogP contribution >= 0.6 is 0 Å². The molecular formula is C13H18F2N2O2S. The van der Waals surface area contributed by atoms with Gasteiger partial charge in [-0.25, -0.2) is 21.9 Å². The third kappa shape index (κ3) is 3.46. The molecule has 1 aliphatic rings. The van der Waals surface area contributed by atoms with Crippen molar-refractivity contribution in [1.29, 1.82) is 0 Å². The standard InChI is InChI=1S/C13H18F2N2O2S/c14-11-7-9(16)8-12(15)13(11)20(18,19)17-10-5-3-1-2-4-6-10/h7-8,10,17H,1-6,16H2. The van der Waals surface area contributed by atoms with Gasteiger partial charge in [-0.15, -0.1) is 0 Å². The smallest absolute Gasteiger partial charge is 0.246 e. The molecule has 0 aliphatic heterocycles. The Hall–Kier alpha value is -1.21. The molecule has 7 heteroatoms. The molecule has 4 nitrogen and oxygen atoms in total. The van der Waals surface area contributed by atoms with Crippen molar-refractivity contribution in [1.82, 2.24) is 4.72 Å². The minimum absolute atomic E-state index is 0.145. The van der Waals surface area contributed by atoms with Gasteiger partial charge in [-0.1, -0.05) is 25.7 Å². The molecule has 1 fully saturated rings. The summed E-state index contributed by atoms with van der Waals surface area (Å²) in [6.45, 7) is 0. The molecule has 1 aliphatic carbocycles. The molecule has 0 heterocycles. The van der Waals surface area contributed by atoms with Gasteiger partial charge < -0.3 is 5.73 Å². The zero-order chi connectivity index (χ0) is 14.8. The third-order valence-electron chi connectivity index (χ3n) is 3.47. The molecule has 0 bridgehead atoms. The minimum atomic E-state index is -4.21. The lowest BCUT2D eigenvalue weighted by Gasteiger charge is -2.17. The van der Waals surface area contributed by atoms with Gasteiger partial charge in [-0.2, -0.15) is 0 Å². The molecule has 0 radical (unpaired) electrons. The predicted molar refractivity (Wildman–Crippen MR) is 72.6 cm³/mol. The van der Waals surface area contributed by atoms with Gasteiger partial charge in [0.15, 0.2) is 4.90 Å². The van der Waals surface area contributed by atoms with Gasteiger partial charge in [0.25, 0.3) is 0 Å². The van der Waals surface area contributed by atoms with Crippen LogP contribution in [-0.2, 0) is 10.0 Å². The Morgan fingerprint density at radius 3 is 2.05 bits per heavy atom. The summed E-state index contributed by atoms with van der Waals surface area (Å²) in [7, 11) is -4.21. The molecule has 3 N–H and O–H groups in total. The molecule has 20 heavy (non-hydrogen) atoms. The Bertz CT molecular complexity index is 559. The number of hydrogen-bond donors (Lipinski definition) is 2. The lowest BCUT2D eigenvalue weighted by atomic mass is 10.1. The van der Waals surface area contributed by atoms with E-state index in [1.54, 1.807) is 0 Å². The van der Waals surface area contributed by atoms with Crippen molar-refractivity contribution in [3.8, 4) is 0 Å². The van der Waals surface area contributed by atoms with Gasteiger partial charge in [0.1, 0.15) is 11.6 Å². The van der Waals surface area contributed by atoms with E-state index in [1.165, 1.54) is 0 Å². The summed E-state index contributed by atoms with van der Waals surface area (Å²) in [6, 6.07) is 1.36. The van der Waals surface area contributed by atoms with Crippen LogP contribution in [0.25, 0.3) is 0 Å². The van der Waals surface area contributed by atoms with Crippen molar-refractivity contribution in [2.75, 3.05) is 5.73 Å². The Morgan fingerprint density at radius 2 is 1.55 bits per heavy atom. The van der Waals surface area contributed by atoms with Gasteiger partial charge in [0, 0.05) is 11.7 Å². The monoisotopic (exact) mass is 304 g/mol. The van der Waals surface area contributed by atoms with Gasteiger partial charge in [-0.05, 0) is 25.0 Å². The fourth-order valence-corrected chi connectivity index (χ4v) is 3.94. The van der Waals surface area contributed by atoms with Crippen molar-refractivity contribution in [3.63, 3.8) is 0 Å². The number of halogens is 2. The van der Waals surface area contributed by atoms with E-state index in [1.807, 2.05) is 0 Å². The third-order valence-corrected chi connectivity index (χ3v) is 5.04. The Kier molecular flexibility index (Phi) is 4.59. The van der Waals surface area contributed by atoms with E-state index in [2.05, 4.69) is 4.72 Å². The van der Waals surface area contributed by atoms with Crippen LogP contribution < -0.4 is 10.5 Å². The molecule has 0 unspecified atom stereocenters. The summed E-state index contributed by atoms with van der Waals surface area (Å²) in [5.41, 5.74) is 5.14. The van der Waals surface area contributed by atoms with Crippen LogP contribution in [0.15, 0.2) is 17.0 Å². The second-order valence-electron chi connectivity index (χ2n) is 5.12. The van der Waals surface area contributed by atoms with Crippen LogP contribution in [0.5, 0.6) is 0 Å². The molecule has 112 valence electrons. The van der Waals surface area contributed by atoms with Gasteiger partial charge in [0.05, 0.1) is 0 Å². The maximum atomic E-state index is 13.7. The molecule has 1 aromatic rings. The molecule has 1 saturated carbocycles. The van der Waals surface area contributed by atoms with E-state index in [9.17, 15) is 17.2 Å². The largest absolute Gasteiger partial charge is 0.399 e. The van der Waals surface area contributed by atoms with Crippen molar-refractivity contribution >= 4 is 15.7 Å². The van der Waals surface area contributed by atoms with Crippen LogP contribution in [0.3, 0.4) is 0 Å². The number of hydrogen-bond acceptors (Lipinski definition) is 3. The lowest BCUT2D eigenvalue weighted by molar-refractivity contribution is 0.488. The van der Waals surface area contributed by atoms with Crippen molar-refractivity contribution in [2.45, 2.75) is 49.5 Å². The highest BCUT2D eigenvalue weighted by Gasteiger charge is 2.27. The van der Waals surface area contributed by atoms with Crippen LogP contribution in [-0.4, -0.2) is 14.5 Å². The number of rotatable bonds is 3. The zero-order valence-corrected chi connectivity index (χ0v) is 11.8. The van der Waals surface area contributed by atoms with Crippen LogP contribution in [0.1, 0.15) is 38.5 Å². The first-order chi connectivity index (χ1) is 9.40. The SMILES string of the molecule is Nc1cc(F)c(S(=O)(=O)NC2CCCCCC2)c(F)c1. The molecule has 2 rings (SSSR count). The summed E-state index contributed by atoms with van der Waals surface area (Å²) < 4.78 is 54.1. The topological polar surface area (TPSA) is 72.2 Å². The van der Waals surface area contributed by atoms with E-state index in [0.29, 0.717) is 12.8 Å². The van der Waals surface area contributed by atoms with Gasteiger partial charge in [-0.3, -0.25) is 0 Å². The van der Waals surface area contributed by atoms with Gasteiger partial charge in [0.2, 0.25) is 10.0 Å². The molecule has 0 atom stereocenters. The fourth-order valence-electron chi connectivity index (χ4n) is 2.51. The van der Waals surface area contributed by atoms with E-state index in [0.717, 1.165) is 37.8 Å². The number of benzene rings is 1. The number of sulfonamides is 1. The van der Waals surface area contributed by atoms with Crippen molar-refractivity contribution < 1.29 is 17.2 Å². The highest BCUT2D eigenvalue weighted by Crippen LogP contribution is 2.24. The lowest BCUT2D eigenvalue weighted by Crippen LogP contribution is -2.35. The summed E-state index contributed by atoms with van der Waals surface area (Å²) >= 11 is 0. The predicted octanol–water partition coefficient (Wildman–Crippen LogP) is 2.55. The average molecular weight is 304 g/mol. The summed E-state index contributed by atoms with van der Waals surface area (Å²) in [5.74, 6) is -2.33. The summed E-state index contributed by atoms with van der Waals surface area (Å²) in [6.07, 6.45) is 5.33. The van der Waals surface area contributed by atoms with Crippen LogP contribution in [0.2, 0.25) is 0 Å². The number of nitrogens with one attached hydrogen (secondary N) is 1. The number of nitrogen functional groups attached to an aromatic ring is 1. The van der Waals surface area contributed by atoms with E-state index in [4.69, 9.17) is 5.73 Å². The number of anilines is 1. The maximum Gasteiger partial charge on any atom is 0.246 e. The Morgan fingerprint density at radius 1 is 1.05 bits per heavy atom. The normalized spacial score (nSPS) is 17.9. The number of nitrogens with two attached hydrogens (primary N) is 1. The Balaban J connectivity index is 2.26. The van der Waals surface area contributed by atoms with Gasteiger partial charge >= 0.3 is 0 Å². The van der Waals surface area contributed by atoms with Crippen LogP contribution in [0.4, 0.5) is 14.5 Å². The molecular weight excluding hydrogens is 286 g/mol. The first kappa shape index (κ1) is 15.2. The van der Waals surface area contributed by atoms with E-state index >= 15 is 0 Å². The highest BCUT2D eigenvalue weighted by molar-refractivity contribution is 7.89. The highest BCUT2D eigenvalue weighted by atomic mass is 32.2. The van der Waals surface area contributed by atoms with Crippen molar-refractivity contribution in [3.05, 3.63) is 23.8 Å². The molecule has 0 amide bonds. The average Bonchev–Trinajstić information content (AvgIpc) is 2.54. The summed E-state index contributed by atoms with van der Waals surface area (Å²) in [5, 5.41) is 0. The minimum Gasteiger partial charge on any atom is -0.399 e. The zero-order valence-electron chi connectivity index (χ0n) is 11.0. The summed E-state index contributed by atoms with van der Waals surface area (Å²) in [4.78, 5) is -0.948. The second kappa shape index (κ2) is 6.05. The Labute approximate surface area is 117 Å².